The maximum atomic E-state index is 10.7. The number of hydrogen-bond acceptors (Lipinski definition) is 9. The summed E-state index contributed by atoms with van der Waals surface area (Å²) in [6.07, 6.45) is 0.118. The predicted octanol–water partition coefficient (Wildman–Crippen LogP) is 2.75. The number of rotatable bonds is 6. The van der Waals surface area contributed by atoms with Crippen LogP contribution < -0.4 is 5.32 Å². The lowest BCUT2D eigenvalue weighted by Crippen LogP contribution is -2.32. The number of nitrogens with zero attached hydrogens (tertiary/aromatic N) is 4. The number of hydrogen-bond donors (Lipinski definition) is 3. The van der Waals surface area contributed by atoms with E-state index in [1.807, 2.05) is 0 Å². The van der Waals surface area contributed by atoms with Crippen molar-refractivity contribution >= 4 is 51.9 Å². The van der Waals surface area contributed by atoms with Crippen molar-refractivity contribution in [2.24, 2.45) is 0 Å². The zero-order valence-corrected chi connectivity index (χ0v) is 19.1. The van der Waals surface area contributed by atoms with Gasteiger partial charge in [0.05, 0.1) is 35.1 Å². The van der Waals surface area contributed by atoms with E-state index in [2.05, 4.69) is 20.3 Å². The standard InChI is InChI=1S/C20H21Cl2N5O4S/c21-11-2-1-3-12(22)17(11)32-7-13-15(28)16(29)20(31-13)27-9-25-14-18(23-8-24-19(14)27)26-10-4-5-30-6-10/h1-3,8-10,13,15-16,20,28-29H,4-7H2,(H,23,24,26)/t10-,13-,15+,16+,20-/m1/s1. The molecule has 0 radical (unpaired) electrons. The number of imidazole rings is 1. The zero-order chi connectivity index (χ0) is 22.2. The third-order valence-corrected chi connectivity index (χ3v) is 7.63. The van der Waals surface area contributed by atoms with Crippen LogP contribution in [0.15, 0.2) is 35.7 Å². The summed E-state index contributed by atoms with van der Waals surface area (Å²) >= 11 is 13.8. The van der Waals surface area contributed by atoms with Gasteiger partial charge in [0.25, 0.3) is 0 Å². The van der Waals surface area contributed by atoms with E-state index in [4.69, 9.17) is 32.7 Å². The van der Waals surface area contributed by atoms with E-state index < -0.39 is 24.5 Å². The maximum Gasteiger partial charge on any atom is 0.167 e. The molecule has 0 aliphatic carbocycles. The van der Waals surface area contributed by atoms with Crippen molar-refractivity contribution in [2.75, 3.05) is 24.3 Å². The first kappa shape index (κ1) is 22.1. The van der Waals surface area contributed by atoms with E-state index in [1.165, 1.54) is 24.4 Å². The summed E-state index contributed by atoms with van der Waals surface area (Å²) in [5.74, 6) is 0.951. The molecule has 170 valence electrons. The molecule has 32 heavy (non-hydrogen) atoms. The average Bonchev–Trinajstić information content (AvgIpc) is 3.50. The number of nitrogens with one attached hydrogen (secondary N) is 1. The quantitative estimate of drug-likeness (QED) is 0.442. The predicted molar refractivity (Wildman–Crippen MR) is 121 cm³/mol. The number of aliphatic hydroxyl groups excluding tert-OH is 2. The Morgan fingerprint density at radius 1 is 1.16 bits per heavy atom. The Bertz CT molecular complexity index is 1090. The third kappa shape index (κ3) is 4.16. The molecule has 2 fully saturated rings. The first-order valence-electron chi connectivity index (χ1n) is 10.1. The topological polar surface area (TPSA) is 115 Å². The van der Waals surface area contributed by atoms with Crippen molar-refractivity contribution in [2.45, 2.75) is 41.9 Å². The SMILES string of the molecule is O[C@@H]1[C@H](O)[C@H](n2cnc3c(N[C@@H]4CCOC4)ncnc32)O[C@@H]1CSc1c(Cl)cccc1Cl. The van der Waals surface area contributed by atoms with Crippen molar-refractivity contribution in [3.63, 3.8) is 0 Å². The molecule has 5 atom stereocenters. The highest BCUT2D eigenvalue weighted by molar-refractivity contribution is 7.99. The highest BCUT2D eigenvalue weighted by Crippen LogP contribution is 2.38. The maximum absolute atomic E-state index is 10.7. The fraction of sp³-hybridized carbons (Fsp3) is 0.450. The van der Waals surface area contributed by atoms with Crippen molar-refractivity contribution in [3.05, 3.63) is 40.9 Å². The molecule has 2 aromatic heterocycles. The molecule has 4 heterocycles. The molecule has 12 heteroatoms. The third-order valence-electron chi connectivity index (χ3n) is 5.55. The Labute approximate surface area is 198 Å². The van der Waals surface area contributed by atoms with Crippen LogP contribution in [0, 0.1) is 0 Å². The van der Waals surface area contributed by atoms with E-state index in [-0.39, 0.29) is 6.04 Å². The van der Waals surface area contributed by atoms with Gasteiger partial charge in [-0.1, -0.05) is 29.3 Å². The fourth-order valence-corrected chi connectivity index (χ4v) is 5.61. The van der Waals surface area contributed by atoms with E-state index in [9.17, 15) is 10.2 Å². The zero-order valence-electron chi connectivity index (χ0n) is 16.8. The van der Waals surface area contributed by atoms with Crippen LogP contribution >= 0.6 is 35.0 Å². The van der Waals surface area contributed by atoms with Crippen LogP contribution in [0.1, 0.15) is 12.6 Å². The summed E-state index contributed by atoms with van der Waals surface area (Å²) in [4.78, 5) is 13.8. The number of anilines is 1. The molecule has 9 nitrogen and oxygen atoms in total. The van der Waals surface area contributed by atoms with Gasteiger partial charge in [0.2, 0.25) is 0 Å². The molecule has 2 saturated heterocycles. The number of fused-ring (bicyclic) bond motifs is 1. The van der Waals surface area contributed by atoms with Gasteiger partial charge >= 0.3 is 0 Å². The van der Waals surface area contributed by atoms with Gasteiger partial charge < -0.3 is 25.0 Å². The summed E-state index contributed by atoms with van der Waals surface area (Å²) in [6, 6.07) is 5.43. The smallest absolute Gasteiger partial charge is 0.167 e. The van der Waals surface area contributed by atoms with Gasteiger partial charge in [0.1, 0.15) is 18.5 Å². The minimum Gasteiger partial charge on any atom is -0.387 e. The summed E-state index contributed by atoms with van der Waals surface area (Å²) < 4.78 is 13.1. The normalized spacial score (nSPS) is 27.9. The largest absolute Gasteiger partial charge is 0.387 e. The van der Waals surface area contributed by atoms with Crippen molar-refractivity contribution in [3.8, 4) is 0 Å². The van der Waals surface area contributed by atoms with Crippen LogP contribution in [0.5, 0.6) is 0 Å². The van der Waals surface area contributed by atoms with Crippen LogP contribution in [0.2, 0.25) is 10.0 Å². The lowest BCUT2D eigenvalue weighted by molar-refractivity contribution is -0.0289. The molecule has 2 aliphatic heterocycles. The van der Waals surface area contributed by atoms with Crippen LogP contribution in [-0.2, 0) is 9.47 Å². The summed E-state index contributed by atoms with van der Waals surface area (Å²) in [5.41, 5.74) is 1.06. The Hall–Kier alpha value is -1.66. The van der Waals surface area contributed by atoms with Crippen molar-refractivity contribution in [1.82, 2.24) is 19.5 Å². The molecule has 2 aliphatic rings. The van der Waals surface area contributed by atoms with Gasteiger partial charge in [0, 0.05) is 17.3 Å². The first-order valence-corrected chi connectivity index (χ1v) is 11.9. The molecular formula is C20H21Cl2N5O4S. The van der Waals surface area contributed by atoms with E-state index in [0.717, 1.165) is 6.42 Å². The van der Waals surface area contributed by atoms with Crippen LogP contribution in [0.25, 0.3) is 11.2 Å². The second-order valence-corrected chi connectivity index (χ2v) is 9.50. The van der Waals surface area contributed by atoms with Crippen LogP contribution in [0.3, 0.4) is 0 Å². The molecule has 3 aromatic rings. The number of thioether (sulfide) groups is 1. The molecule has 0 saturated carbocycles. The van der Waals surface area contributed by atoms with Crippen molar-refractivity contribution < 1.29 is 19.7 Å². The Morgan fingerprint density at radius 3 is 2.72 bits per heavy atom. The number of aliphatic hydroxyl groups is 2. The Kier molecular flexibility index (Phi) is 6.44. The molecule has 3 N–H and O–H groups in total. The number of ether oxygens (including phenoxy) is 2. The number of benzene rings is 1. The van der Waals surface area contributed by atoms with Gasteiger partial charge in [0.15, 0.2) is 23.2 Å². The molecule has 1 aromatic carbocycles. The minimum atomic E-state index is -1.16. The lowest BCUT2D eigenvalue weighted by atomic mass is 10.1. The second kappa shape index (κ2) is 9.30. The monoisotopic (exact) mass is 497 g/mol. The van der Waals surface area contributed by atoms with Gasteiger partial charge in [-0.15, -0.1) is 11.8 Å². The van der Waals surface area contributed by atoms with E-state index in [1.54, 1.807) is 22.8 Å². The molecular weight excluding hydrogens is 477 g/mol. The molecule has 5 rings (SSSR count). The van der Waals surface area contributed by atoms with Gasteiger partial charge in [-0.25, -0.2) is 15.0 Å². The molecule has 0 amide bonds. The minimum absolute atomic E-state index is 0.159. The number of halogens is 2. The highest BCUT2D eigenvalue weighted by Gasteiger charge is 2.44. The molecule has 0 unspecified atom stereocenters. The van der Waals surface area contributed by atoms with E-state index in [0.29, 0.717) is 50.9 Å². The lowest BCUT2D eigenvalue weighted by Gasteiger charge is -2.17. The average molecular weight is 498 g/mol. The molecule has 0 bridgehead atoms. The first-order chi connectivity index (χ1) is 15.5. The number of aromatic nitrogens is 4. The van der Waals surface area contributed by atoms with Gasteiger partial charge in [-0.2, -0.15) is 0 Å². The Balaban J connectivity index is 1.34. The summed E-state index contributed by atoms with van der Waals surface area (Å²) in [6.45, 7) is 1.32. The fourth-order valence-electron chi connectivity index (χ4n) is 3.87. The van der Waals surface area contributed by atoms with Gasteiger partial charge in [-0.3, -0.25) is 4.57 Å². The second-order valence-electron chi connectivity index (χ2n) is 7.66. The highest BCUT2D eigenvalue weighted by atomic mass is 35.5. The van der Waals surface area contributed by atoms with Crippen LogP contribution in [-0.4, -0.2) is 73.1 Å². The van der Waals surface area contributed by atoms with Gasteiger partial charge in [-0.05, 0) is 18.6 Å². The summed E-state index contributed by atoms with van der Waals surface area (Å²) in [7, 11) is 0. The summed E-state index contributed by atoms with van der Waals surface area (Å²) in [5, 5.41) is 25.7. The molecule has 0 spiro atoms. The van der Waals surface area contributed by atoms with Crippen LogP contribution in [0.4, 0.5) is 5.82 Å². The van der Waals surface area contributed by atoms with E-state index >= 15 is 0 Å². The van der Waals surface area contributed by atoms with Crippen molar-refractivity contribution in [1.29, 1.82) is 0 Å². The Morgan fingerprint density at radius 2 is 1.97 bits per heavy atom.